The lowest BCUT2D eigenvalue weighted by Crippen LogP contribution is -2.50. The van der Waals surface area contributed by atoms with Crippen molar-refractivity contribution in [2.45, 2.75) is 138 Å². The number of carbonyl (C=O) groups excluding carboxylic acids is 5. The van der Waals surface area contributed by atoms with Crippen LogP contribution in [0.5, 0.6) is 0 Å². The van der Waals surface area contributed by atoms with E-state index >= 15 is 0 Å². The minimum Gasteiger partial charge on any atom is -0.475 e. The SMILES string of the molecule is C#CCN1CCN(C(=O)OC(C)(C)C)CC1.CCOC(=O)c1cn2c3c(cc(C#CCN4CCN(C(=O)OC(C)(C)C)CC4)cc3c1=O)CCC2.CCOC(=O)c1cn2c3c(cc(C#CCN4CCNCC4)cc3c1=O)CCC2.CCOC(=O)c1cn2c3c(cc(I)cc3c1=O)CCC2.O=C(O)C(F)(F)F. The molecule has 0 aliphatic carbocycles. The van der Waals surface area contributed by atoms with Crippen LogP contribution in [-0.2, 0) is 67.4 Å². The van der Waals surface area contributed by atoms with Crippen LogP contribution in [0.2, 0.25) is 0 Å². The first-order valence-electron chi connectivity index (χ1n) is 35.6. The van der Waals surface area contributed by atoms with Crippen LogP contribution in [0.4, 0.5) is 22.8 Å². The molecule has 0 bridgehead atoms. The summed E-state index contributed by atoms with van der Waals surface area (Å²) in [4.78, 5) is 118. The van der Waals surface area contributed by atoms with Gasteiger partial charge in [0.05, 0.1) is 56.0 Å². The maximum absolute atomic E-state index is 13.1. The van der Waals surface area contributed by atoms with Crippen LogP contribution >= 0.6 is 22.6 Å². The largest absolute Gasteiger partial charge is 0.490 e. The average molecular weight is 1580 g/mol. The van der Waals surface area contributed by atoms with Crippen LogP contribution in [0.15, 0.2) is 69.4 Å². The number of halogens is 4. The fourth-order valence-electron chi connectivity index (χ4n) is 12.8. The molecule has 3 fully saturated rings. The molecule has 568 valence electrons. The van der Waals surface area contributed by atoms with E-state index in [1.165, 1.54) is 5.56 Å². The van der Waals surface area contributed by atoms with Gasteiger partial charge in [0, 0.05) is 148 Å². The maximum atomic E-state index is 13.1. The van der Waals surface area contributed by atoms with Gasteiger partial charge in [-0.05, 0) is 177 Å². The number of alkyl halides is 3. The van der Waals surface area contributed by atoms with Gasteiger partial charge in [-0.2, -0.15) is 13.2 Å². The van der Waals surface area contributed by atoms with Crippen LogP contribution in [-0.4, -0.2) is 215 Å². The summed E-state index contributed by atoms with van der Waals surface area (Å²) in [5.74, 6) is 11.1. The zero-order chi connectivity index (χ0) is 77.2. The van der Waals surface area contributed by atoms with E-state index in [-0.39, 0.29) is 65.0 Å². The highest BCUT2D eigenvalue weighted by Crippen LogP contribution is 2.29. The van der Waals surface area contributed by atoms with E-state index in [1.54, 1.807) is 55.2 Å². The van der Waals surface area contributed by atoms with Crippen molar-refractivity contribution < 1.29 is 70.7 Å². The van der Waals surface area contributed by atoms with Crippen molar-refractivity contribution in [2.24, 2.45) is 0 Å². The Morgan fingerprint density at radius 3 is 1.16 bits per heavy atom. The molecule has 0 unspecified atom stereocenters. The predicted molar refractivity (Wildman–Crippen MR) is 404 cm³/mol. The van der Waals surface area contributed by atoms with E-state index < -0.39 is 41.3 Å². The molecule has 0 atom stereocenters. The Morgan fingerprint density at radius 1 is 0.500 bits per heavy atom. The second-order valence-corrected chi connectivity index (χ2v) is 29.1. The summed E-state index contributed by atoms with van der Waals surface area (Å²) in [6.07, 6.45) is 10.3. The smallest absolute Gasteiger partial charge is 0.475 e. The standard InChI is InChI=1S/C27H33N3O5.C22H25N3O3.C15H14INO3.C12H20N2O2.C2HF3O2/c1-5-34-25(32)22-18-30-11-7-9-20-16-19(17-21(23(20)30)24(22)31)8-6-10-28-12-14-29(15-13-28)26(33)35-27(2,3)4;1-2-28-22(27)19-15-25-10-4-6-17-13-16(14-18(20(17)25)21(19)26)5-3-9-24-11-7-23-8-12-24;1-2-20-15(19)12-8-17-5-3-4-9-6-10(16)7-11(13(9)17)14(12)18;1-5-6-13-7-9-14(10-8-13)11(15)16-12(2,3)4;3-2(4,5)1(6)7/h16-18H,5,7,9-15H2,1-4H3;13-15,23H,2,4,6-12H2,1H3;6-8H,2-5H2,1H3;1H,6-10H2,2-4H3;(H,6,7). The number of amides is 2. The van der Waals surface area contributed by atoms with Crippen LogP contribution < -0.4 is 21.6 Å². The van der Waals surface area contributed by atoms with Crippen molar-refractivity contribution in [3.63, 3.8) is 0 Å². The van der Waals surface area contributed by atoms with Gasteiger partial charge in [-0.25, -0.2) is 28.8 Å². The van der Waals surface area contributed by atoms with Gasteiger partial charge in [0.25, 0.3) is 0 Å². The zero-order valence-corrected chi connectivity index (χ0v) is 63.8. The Hall–Kier alpha value is -9.25. The number of aromatic nitrogens is 3. The number of rotatable bonds is 9. The zero-order valence-electron chi connectivity index (χ0n) is 61.6. The second-order valence-electron chi connectivity index (χ2n) is 27.8. The van der Waals surface area contributed by atoms with Crippen LogP contribution in [0.3, 0.4) is 0 Å². The molecule has 9 heterocycles. The molecule has 12 rings (SSSR count). The molecule has 24 nitrogen and oxygen atoms in total. The molecule has 0 spiro atoms. The van der Waals surface area contributed by atoms with Crippen LogP contribution in [0.25, 0.3) is 32.7 Å². The molecule has 3 saturated heterocycles. The molecule has 2 N–H and O–H groups in total. The number of hydrogen-bond acceptors (Lipinski definition) is 18. The van der Waals surface area contributed by atoms with Gasteiger partial charge >= 0.3 is 42.2 Å². The first kappa shape index (κ1) is 82.4. The Balaban J connectivity index is 0.000000179. The highest BCUT2D eigenvalue weighted by atomic mass is 127. The summed E-state index contributed by atoms with van der Waals surface area (Å²) in [6.45, 7) is 31.2. The van der Waals surface area contributed by atoms with Gasteiger partial charge in [-0.15, -0.1) is 6.42 Å². The third kappa shape index (κ3) is 22.4. The molecule has 28 heteroatoms. The number of ether oxygens (including phenoxy) is 5. The average Bonchev–Trinajstić information content (AvgIpc) is 0.766. The summed E-state index contributed by atoms with van der Waals surface area (Å²) >= 11 is 2.21. The molecule has 106 heavy (non-hydrogen) atoms. The fraction of sp³-hybridized carbons (Fsp3) is 0.500. The number of pyridine rings is 3. The lowest BCUT2D eigenvalue weighted by Gasteiger charge is -2.34. The van der Waals surface area contributed by atoms with Crippen molar-refractivity contribution in [3.05, 3.63) is 134 Å². The van der Waals surface area contributed by atoms with E-state index in [0.29, 0.717) is 55.4 Å². The number of benzene rings is 3. The van der Waals surface area contributed by atoms with E-state index in [1.807, 2.05) is 67.4 Å². The number of aryl methyl sites for hydroxylation is 6. The van der Waals surface area contributed by atoms with Crippen molar-refractivity contribution >= 4 is 91.4 Å². The summed E-state index contributed by atoms with van der Waals surface area (Å²) in [5, 5.41) is 12.2. The second kappa shape index (κ2) is 37.3. The Labute approximate surface area is 627 Å². The van der Waals surface area contributed by atoms with E-state index in [2.05, 4.69) is 90.4 Å². The molecule has 3 aromatic heterocycles. The summed E-state index contributed by atoms with van der Waals surface area (Å²) in [6, 6.07) is 11.7. The Kier molecular flexibility index (Phi) is 29.0. The molecular formula is C78H93F3IN9O15. The predicted octanol–water partition coefficient (Wildman–Crippen LogP) is 8.94. The van der Waals surface area contributed by atoms with Gasteiger partial charge in [0.15, 0.2) is 0 Å². The van der Waals surface area contributed by atoms with E-state index in [0.717, 1.165) is 159 Å². The number of carboxylic acids is 1. The molecule has 0 radical (unpaired) electrons. The van der Waals surface area contributed by atoms with Crippen molar-refractivity contribution in [3.8, 4) is 36.0 Å². The van der Waals surface area contributed by atoms with Crippen LogP contribution in [0.1, 0.15) is 140 Å². The number of carboxylic acid groups (broad SMARTS) is 1. The molecule has 6 aromatic rings. The molecule has 3 aromatic carbocycles. The highest BCUT2D eigenvalue weighted by molar-refractivity contribution is 14.1. The van der Waals surface area contributed by atoms with E-state index in [4.69, 9.17) is 40.0 Å². The number of hydrogen-bond donors (Lipinski definition) is 2. The van der Waals surface area contributed by atoms with E-state index in [9.17, 15) is 51.5 Å². The minimum atomic E-state index is -5.08. The van der Waals surface area contributed by atoms with Crippen molar-refractivity contribution in [1.82, 2.24) is 43.5 Å². The Bertz CT molecular complexity index is 4620. The first-order chi connectivity index (χ1) is 50.3. The normalized spacial score (nSPS) is 15.6. The summed E-state index contributed by atoms with van der Waals surface area (Å²) < 4.78 is 64.7. The maximum Gasteiger partial charge on any atom is 0.490 e. The number of aliphatic carboxylic acids is 1. The number of nitrogens with zero attached hydrogens (tertiary/aromatic N) is 8. The van der Waals surface area contributed by atoms with Gasteiger partial charge in [-0.1, -0.05) is 29.6 Å². The molecule has 2 amide bonds. The first-order valence-corrected chi connectivity index (χ1v) is 36.7. The number of terminal acetylenes is 1. The van der Waals surface area contributed by atoms with Gasteiger partial charge in [-0.3, -0.25) is 29.1 Å². The molecule has 6 aliphatic heterocycles. The number of piperazine rings is 3. The fourth-order valence-corrected chi connectivity index (χ4v) is 13.5. The van der Waals surface area contributed by atoms with Crippen molar-refractivity contribution in [1.29, 1.82) is 0 Å². The quantitative estimate of drug-likeness (QED) is 0.0592. The Morgan fingerprint density at radius 2 is 0.830 bits per heavy atom. The van der Waals surface area contributed by atoms with Gasteiger partial charge < -0.3 is 57.6 Å². The monoisotopic (exact) mass is 1580 g/mol. The lowest BCUT2D eigenvalue weighted by molar-refractivity contribution is -0.192. The summed E-state index contributed by atoms with van der Waals surface area (Å²) in [7, 11) is 0. The lowest BCUT2D eigenvalue weighted by atomic mass is 9.97. The molecular weight excluding hydrogens is 1490 g/mol. The van der Waals surface area contributed by atoms with Crippen LogP contribution in [0, 0.1) is 39.6 Å². The summed E-state index contributed by atoms with van der Waals surface area (Å²) in [5.41, 5.74) is 6.37. The third-order valence-corrected chi connectivity index (χ3v) is 18.2. The molecule has 6 aliphatic rings. The highest BCUT2D eigenvalue weighted by Gasteiger charge is 2.38. The number of esters is 3. The number of carbonyl (C=O) groups is 6. The number of nitrogens with one attached hydrogen (secondary N) is 1. The third-order valence-electron chi connectivity index (χ3n) is 17.6. The van der Waals surface area contributed by atoms with Gasteiger partial charge in [0.1, 0.15) is 27.9 Å². The molecule has 0 saturated carbocycles. The van der Waals surface area contributed by atoms with Crippen molar-refractivity contribution in [2.75, 3.05) is 118 Å². The van der Waals surface area contributed by atoms with Gasteiger partial charge in [0.2, 0.25) is 16.3 Å². The topological polar surface area (TPSA) is 263 Å². The minimum absolute atomic E-state index is 0.0696.